The molecule has 1 amide bonds. The Hall–Kier alpha value is -1.69. The lowest BCUT2D eigenvalue weighted by Gasteiger charge is -2.27. The van der Waals surface area contributed by atoms with Gasteiger partial charge in [0.25, 0.3) is 0 Å². The van der Waals surface area contributed by atoms with E-state index in [1.807, 2.05) is 24.3 Å². The largest absolute Gasteiger partial charge is 0.493 e. The SMILES string of the molecule is O=C([C@@H]1C[C@]12CCOc1ccccc12)N1CC[C@H](OC(F)F)C1. The molecule has 2 heterocycles. The molecule has 2 aliphatic heterocycles. The summed E-state index contributed by atoms with van der Waals surface area (Å²) in [6, 6.07) is 7.88. The number of amides is 1. The highest BCUT2D eigenvalue weighted by atomic mass is 19.3. The van der Waals surface area contributed by atoms with E-state index in [9.17, 15) is 13.6 Å². The number of halogens is 2. The van der Waals surface area contributed by atoms with E-state index < -0.39 is 12.7 Å². The van der Waals surface area contributed by atoms with Gasteiger partial charge in [0.2, 0.25) is 5.91 Å². The van der Waals surface area contributed by atoms with Crippen LogP contribution < -0.4 is 4.74 Å². The van der Waals surface area contributed by atoms with Crippen LogP contribution in [-0.4, -0.2) is 43.2 Å². The molecule has 1 spiro atoms. The number of likely N-dealkylation sites (tertiary alicyclic amines) is 1. The molecule has 0 radical (unpaired) electrons. The summed E-state index contributed by atoms with van der Waals surface area (Å²) in [7, 11) is 0. The summed E-state index contributed by atoms with van der Waals surface area (Å²) < 4.78 is 34.8. The van der Waals surface area contributed by atoms with Gasteiger partial charge < -0.3 is 14.4 Å². The van der Waals surface area contributed by atoms with E-state index in [0.717, 1.165) is 24.2 Å². The van der Waals surface area contributed by atoms with Crippen LogP contribution in [0.5, 0.6) is 5.75 Å². The molecular formula is C17H19F2NO3. The lowest BCUT2D eigenvalue weighted by Crippen LogP contribution is -2.35. The smallest absolute Gasteiger partial charge is 0.345 e. The van der Waals surface area contributed by atoms with Gasteiger partial charge in [-0.1, -0.05) is 18.2 Å². The monoisotopic (exact) mass is 323 g/mol. The Bertz CT molecular complexity index is 624. The van der Waals surface area contributed by atoms with Gasteiger partial charge in [-0.2, -0.15) is 8.78 Å². The van der Waals surface area contributed by atoms with Crippen molar-refractivity contribution in [3.63, 3.8) is 0 Å². The molecule has 1 saturated carbocycles. The van der Waals surface area contributed by atoms with Crippen molar-refractivity contribution >= 4 is 5.91 Å². The third-order valence-electron chi connectivity index (χ3n) is 5.35. The van der Waals surface area contributed by atoms with Gasteiger partial charge in [0.05, 0.1) is 12.7 Å². The van der Waals surface area contributed by atoms with E-state index in [-0.39, 0.29) is 23.8 Å². The molecule has 6 heteroatoms. The molecule has 0 unspecified atom stereocenters. The number of hydrogen-bond acceptors (Lipinski definition) is 3. The van der Waals surface area contributed by atoms with E-state index in [2.05, 4.69) is 4.74 Å². The normalized spacial score (nSPS) is 32.0. The first-order valence-electron chi connectivity index (χ1n) is 8.05. The van der Waals surface area contributed by atoms with E-state index in [1.54, 1.807) is 4.90 Å². The van der Waals surface area contributed by atoms with Crippen molar-refractivity contribution in [2.24, 2.45) is 5.92 Å². The Morgan fingerprint density at radius 2 is 2.22 bits per heavy atom. The summed E-state index contributed by atoms with van der Waals surface area (Å²) in [5.41, 5.74) is 0.998. The summed E-state index contributed by atoms with van der Waals surface area (Å²) in [5, 5.41) is 0. The summed E-state index contributed by atoms with van der Waals surface area (Å²) in [6.07, 6.45) is 1.60. The van der Waals surface area contributed by atoms with E-state index in [0.29, 0.717) is 19.6 Å². The van der Waals surface area contributed by atoms with Gasteiger partial charge >= 0.3 is 6.61 Å². The fourth-order valence-electron chi connectivity index (χ4n) is 4.09. The predicted octanol–water partition coefficient (Wildman–Crippen LogP) is 2.57. The van der Waals surface area contributed by atoms with Crippen LogP contribution in [0.2, 0.25) is 0 Å². The molecule has 1 saturated heterocycles. The zero-order valence-electron chi connectivity index (χ0n) is 12.7. The minimum absolute atomic E-state index is 0.0575. The molecule has 23 heavy (non-hydrogen) atoms. The quantitative estimate of drug-likeness (QED) is 0.858. The number of fused-ring (bicyclic) bond motifs is 2. The van der Waals surface area contributed by atoms with Crippen LogP contribution in [0, 0.1) is 5.92 Å². The summed E-state index contributed by atoms with van der Waals surface area (Å²) in [4.78, 5) is 14.4. The first-order chi connectivity index (χ1) is 11.1. The van der Waals surface area contributed by atoms with Crippen molar-refractivity contribution < 1.29 is 23.0 Å². The molecule has 3 aliphatic rings. The molecule has 1 aromatic rings. The van der Waals surface area contributed by atoms with Crippen molar-refractivity contribution in [2.45, 2.75) is 37.4 Å². The van der Waals surface area contributed by atoms with Crippen LogP contribution in [0.25, 0.3) is 0 Å². The van der Waals surface area contributed by atoms with Crippen LogP contribution in [0.1, 0.15) is 24.8 Å². The van der Waals surface area contributed by atoms with Crippen LogP contribution >= 0.6 is 0 Å². The molecular weight excluding hydrogens is 304 g/mol. The first-order valence-corrected chi connectivity index (χ1v) is 8.05. The summed E-state index contributed by atoms with van der Waals surface area (Å²) in [6.45, 7) is -1.38. The number of ether oxygens (including phenoxy) is 2. The zero-order valence-corrected chi connectivity index (χ0v) is 12.7. The van der Waals surface area contributed by atoms with Gasteiger partial charge in [0.15, 0.2) is 0 Å². The number of benzene rings is 1. The molecule has 1 aromatic carbocycles. The van der Waals surface area contributed by atoms with Crippen molar-refractivity contribution in [1.29, 1.82) is 0 Å². The molecule has 2 fully saturated rings. The maximum absolute atomic E-state index is 12.8. The maximum atomic E-state index is 12.8. The van der Waals surface area contributed by atoms with Crippen LogP contribution in [-0.2, 0) is 14.9 Å². The molecule has 0 bridgehead atoms. The molecule has 124 valence electrons. The Balaban J connectivity index is 1.47. The van der Waals surface area contributed by atoms with Gasteiger partial charge in [-0.15, -0.1) is 0 Å². The zero-order chi connectivity index (χ0) is 16.0. The Labute approximate surface area is 133 Å². The third kappa shape index (κ3) is 2.49. The van der Waals surface area contributed by atoms with Crippen LogP contribution in [0.3, 0.4) is 0 Å². The second-order valence-electron chi connectivity index (χ2n) is 6.60. The Morgan fingerprint density at radius 1 is 1.39 bits per heavy atom. The lowest BCUT2D eigenvalue weighted by molar-refractivity contribution is -0.160. The highest BCUT2D eigenvalue weighted by Gasteiger charge is 2.62. The maximum Gasteiger partial charge on any atom is 0.345 e. The molecule has 4 nitrogen and oxygen atoms in total. The fourth-order valence-corrected chi connectivity index (χ4v) is 4.09. The van der Waals surface area contributed by atoms with Gasteiger partial charge in [-0.05, 0) is 25.3 Å². The number of carbonyl (C=O) groups excluding carboxylic acids is 1. The summed E-state index contributed by atoms with van der Waals surface area (Å²) >= 11 is 0. The van der Waals surface area contributed by atoms with Gasteiger partial charge in [0.1, 0.15) is 5.75 Å². The molecule has 3 atom stereocenters. The first kappa shape index (κ1) is 14.9. The standard InChI is InChI=1S/C17H19F2NO3/c18-16(19)23-11-5-7-20(10-11)15(21)13-9-17(13)6-8-22-14-4-2-1-3-12(14)17/h1-4,11,13,16H,5-10H2/t11-,13-,17-/m0/s1. The minimum Gasteiger partial charge on any atom is -0.493 e. The number of rotatable bonds is 3. The lowest BCUT2D eigenvalue weighted by atomic mass is 9.87. The highest BCUT2D eigenvalue weighted by Crippen LogP contribution is 2.61. The fraction of sp³-hybridized carbons (Fsp3) is 0.588. The molecule has 1 aliphatic carbocycles. The number of hydrogen-bond donors (Lipinski definition) is 0. The number of para-hydroxylation sites is 1. The van der Waals surface area contributed by atoms with Gasteiger partial charge in [-0.3, -0.25) is 4.79 Å². The number of alkyl halides is 2. The highest BCUT2D eigenvalue weighted by molar-refractivity contribution is 5.85. The average Bonchev–Trinajstić information content (AvgIpc) is 3.05. The Morgan fingerprint density at radius 3 is 3.04 bits per heavy atom. The molecule has 0 N–H and O–H groups in total. The van der Waals surface area contributed by atoms with E-state index >= 15 is 0 Å². The minimum atomic E-state index is -2.77. The van der Waals surface area contributed by atoms with Crippen molar-refractivity contribution in [2.75, 3.05) is 19.7 Å². The van der Waals surface area contributed by atoms with E-state index in [1.165, 1.54) is 0 Å². The van der Waals surface area contributed by atoms with Crippen LogP contribution in [0.4, 0.5) is 8.78 Å². The number of carbonyl (C=O) groups is 1. The number of nitrogens with zero attached hydrogens (tertiary/aromatic N) is 1. The molecule has 4 rings (SSSR count). The second-order valence-corrected chi connectivity index (χ2v) is 6.60. The van der Waals surface area contributed by atoms with Gasteiger partial charge in [0, 0.05) is 30.0 Å². The Kier molecular flexibility index (Phi) is 3.52. The average molecular weight is 323 g/mol. The predicted molar refractivity (Wildman–Crippen MR) is 78.4 cm³/mol. The molecule has 0 aromatic heterocycles. The third-order valence-corrected chi connectivity index (χ3v) is 5.35. The van der Waals surface area contributed by atoms with Crippen molar-refractivity contribution in [1.82, 2.24) is 4.90 Å². The topological polar surface area (TPSA) is 38.8 Å². The van der Waals surface area contributed by atoms with Crippen molar-refractivity contribution in [3.8, 4) is 5.75 Å². The second kappa shape index (κ2) is 5.44. The van der Waals surface area contributed by atoms with Crippen molar-refractivity contribution in [3.05, 3.63) is 29.8 Å². The van der Waals surface area contributed by atoms with Gasteiger partial charge in [-0.25, -0.2) is 0 Å². The summed E-state index contributed by atoms with van der Waals surface area (Å²) in [5.74, 6) is 0.884. The van der Waals surface area contributed by atoms with Crippen LogP contribution in [0.15, 0.2) is 24.3 Å². The van der Waals surface area contributed by atoms with E-state index in [4.69, 9.17) is 4.74 Å².